The van der Waals surface area contributed by atoms with E-state index in [1.165, 1.54) is 19.9 Å². The Morgan fingerprint density at radius 2 is 2.23 bits per heavy atom. The Bertz CT molecular complexity index is 742. The summed E-state index contributed by atoms with van der Waals surface area (Å²) in [6.07, 6.45) is -6.50. The van der Waals surface area contributed by atoms with Crippen LogP contribution in [0.25, 0.3) is 6.08 Å². The third-order valence-corrected chi connectivity index (χ3v) is 4.11. The number of rotatable bonds is 2. The van der Waals surface area contributed by atoms with Crippen molar-refractivity contribution >= 4 is 28.0 Å². The van der Waals surface area contributed by atoms with Crippen molar-refractivity contribution in [3.63, 3.8) is 0 Å². The van der Waals surface area contributed by atoms with Gasteiger partial charge in [-0.05, 0) is 44.0 Å². The van der Waals surface area contributed by atoms with Crippen LogP contribution in [0.5, 0.6) is 5.75 Å². The summed E-state index contributed by atoms with van der Waals surface area (Å²) in [5.41, 5.74) is -0.701. The number of aryl methyl sites for hydroxylation is 1. The Kier molecular flexibility index (Phi) is 3.51. The van der Waals surface area contributed by atoms with E-state index >= 15 is 0 Å². The molecule has 0 N–H and O–H groups in total. The maximum absolute atomic E-state index is 13.3. The largest absolute Gasteiger partial charge is 0.475 e. The summed E-state index contributed by atoms with van der Waals surface area (Å²) in [7, 11) is 0. The molecular formula is C15H14BrF3O3. The number of hydrogen-bond acceptors (Lipinski definition) is 3. The van der Waals surface area contributed by atoms with Gasteiger partial charge in [-0.3, -0.25) is 0 Å². The fourth-order valence-corrected chi connectivity index (χ4v) is 2.39. The molecule has 1 atom stereocenters. The van der Waals surface area contributed by atoms with Crippen molar-refractivity contribution in [3.8, 4) is 5.75 Å². The van der Waals surface area contributed by atoms with Gasteiger partial charge in [0, 0.05) is 14.1 Å². The summed E-state index contributed by atoms with van der Waals surface area (Å²) in [6, 6.07) is 1.30. The van der Waals surface area contributed by atoms with E-state index in [-0.39, 0.29) is 28.0 Å². The molecule has 0 radical (unpaired) electrons. The first-order valence-electron chi connectivity index (χ1n) is 7.83. The number of alkyl halides is 3. The maximum Gasteiger partial charge on any atom is 0.430 e. The molecule has 1 heterocycles. The Morgan fingerprint density at radius 1 is 1.55 bits per heavy atom. The predicted molar refractivity (Wildman–Crippen MR) is 78.7 cm³/mol. The zero-order valence-corrected chi connectivity index (χ0v) is 13.3. The van der Waals surface area contributed by atoms with Crippen LogP contribution >= 0.6 is 15.9 Å². The van der Waals surface area contributed by atoms with Crippen LogP contribution in [-0.4, -0.2) is 24.9 Å². The monoisotopic (exact) mass is 381 g/mol. The number of ether oxygens (including phenoxy) is 2. The van der Waals surface area contributed by atoms with Gasteiger partial charge in [0.05, 0.1) is 12.2 Å². The molecule has 0 fully saturated rings. The lowest BCUT2D eigenvalue weighted by Crippen LogP contribution is -2.41. The lowest BCUT2D eigenvalue weighted by atomic mass is 9.96. The molecule has 3 nitrogen and oxygen atoms in total. The smallest absolute Gasteiger partial charge is 0.430 e. The van der Waals surface area contributed by atoms with Gasteiger partial charge in [0.2, 0.25) is 6.10 Å². The summed E-state index contributed by atoms with van der Waals surface area (Å²) < 4.78 is 72.8. The highest BCUT2D eigenvalue weighted by Gasteiger charge is 2.49. The van der Waals surface area contributed by atoms with Gasteiger partial charge in [-0.2, -0.15) is 13.2 Å². The molecule has 2 rings (SSSR count). The van der Waals surface area contributed by atoms with E-state index in [0.717, 1.165) is 6.08 Å². The van der Waals surface area contributed by atoms with Crippen LogP contribution in [0.2, 0.25) is 0 Å². The molecule has 0 amide bonds. The van der Waals surface area contributed by atoms with Crippen molar-refractivity contribution in [1.29, 1.82) is 0 Å². The summed E-state index contributed by atoms with van der Waals surface area (Å²) in [5.74, 6) is -1.45. The third kappa shape index (κ3) is 2.99. The molecule has 0 saturated heterocycles. The van der Waals surface area contributed by atoms with Gasteiger partial charge >= 0.3 is 12.1 Å². The topological polar surface area (TPSA) is 35.5 Å². The first-order chi connectivity index (χ1) is 11.4. The van der Waals surface area contributed by atoms with E-state index in [9.17, 15) is 18.0 Å². The second-order valence-electron chi connectivity index (χ2n) is 4.65. The zero-order valence-electron chi connectivity index (χ0n) is 14.7. The average molecular weight is 382 g/mol. The van der Waals surface area contributed by atoms with E-state index in [1.54, 1.807) is 0 Å². The van der Waals surface area contributed by atoms with Crippen LogP contribution in [-0.2, 0) is 9.53 Å². The van der Waals surface area contributed by atoms with Gasteiger partial charge in [0.1, 0.15) is 5.75 Å². The van der Waals surface area contributed by atoms with Crippen LogP contribution in [0.3, 0.4) is 0 Å². The summed E-state index contributed by atoms with van der Waals surface area (Å²) in [5, 5.41) is 0. The van der Waals surface area contributed by atoms with Crippen LogP contribution in [0.15, 0.2) is 16.1 Å². The highest BCUT2D eigenvalue weighted by molar-refractivity contribution is 9.10. The molecule has 22 heavy (non-hydrogen) atoms. The lowest BCUT2D eigenvalue weighted by molar-refractivity contribution is -0.187. The Labute approximate surface area is 138 Å². The number of esters is 1. The second kappa shape index (κ2) is 5.95. The highest BCUT2D eigenvalue weighted by atomic mass is 79.9. The summed E-state index contributed by atoms with van der Waals surface area (Å²) >= 11 is 3.15. The summed E-state index contributed by atoms with van der Waals surface area (Å²) in [4.78, 5) is 12.0. The SMILES string of the molecule is [2H]C([2H])([2H])c1c(Br)c(C)cc2c1C=C(C(=O)OCC)C(C(F)(F)F)O2. The number of carbonyl (C=O) groups is 1. The predicted octanol–water partition coefficient (Wildman–Crippen LogP) is 4.34. The molecule has 1 aliphatic heterocycles. The van der Waals surface area contributed by atoms with Gasteiger partial charge in [-0.15, -0.1) is 0 Å². The molecule has 0 aliphatic carbocycles. The molecule has 120 valence electrons. The molecule has 1 aromatic carbocycles. The molecular weight excluding hydrogens is 365 g/mol. The van der Waals surface area contributed by atoms with Crippen molar-refractivity contribution < 1.29 is 31.6 Å². The minimum absolute atomic E-state index is 0.0963. The van der Waals surface area contributed by atoms with Crippen molar-refractivity contribution in [3.05, 3.63) is 32.8 Å². The van der Waals surface area contributed by atoms with Gasteiger partial charge in [-0.1, -0.05) is 15.9 Å². The number of carbonyl (C=O) groups excluding carboxylic acids is 1. The lowest BCUT2D eigenvalue weighted by Gasteiger charge is -2.29. The fraction of sp³-hybridized carbons (Fsp3) is 0.400. The van der Waals surface area contributed by atoms with Crippen LogP contribution in [0.4, 0.5) is 13.2 Å². The Morgan fingerprint density at radius 3 is 2.77 bits per heavy atom. The number of fused-ring (bicyclic) bond motifs is 1. The average Bonchev–Trinajstić information content (AvgIpc) is 2.45. The Balaban J connectivity index is 2.75. The van der Waals surface area contributed by atoms with Crippen molar-refractivity contribution in [2.75, 3.05) is 6.61 Å². The van der Waals surface area contributed by atoms with Gasteiger partial charge in [0.15, 0.2) is 0 Å². The van der Waals surface area contributed by atoms with E-state index in [4.69, 9.17) is 8.85 Å². The summed E-state index contributed by atoms with van der Waals surface area (Å²) in [6.45, 7) is 0.236. The van der Waals surface area contributed by atoms with E-state index in [2.05, 4.69) is 20.7 Å². The Hall–Kier alpha value is -1.50. The first-order valence-corrected chi connectivity index (χ1v) is 7.12. The quantitative estimate of drug-likeness (QED) is 0.715. The van der Waals surface area contributed by atoms with Crippen LogP contribution in [0.1, 0.15) is 27.7 Å². The van der Waals surface area contributed by atoms with Crippen molar-refractivity contribution in [1.82, 2.24) is 0 Å². The maximum atomic E-state index is 13.3. The van der Waals surface area contributed by atoms with E-state index in [1.807, 2.05) is 0 Å². The van der Waals surface area contributed by atoms with Crippen LogP contribution in [0, 0.1) is 13.8 Å². The molecule has 1 unspecified atom stereocenters. The normalized spacial score (nSPS) is 20.0. The zero-order chi connectivity index (χ0) is 19.2. The van der Waals surface area contributed by atoms with Crippen molar-refractivity contribution in [2.45, 2.75) is 33.0 Å². The minimum atomic E-state index is -4.86. The molecule has 1 aliphatic rings. The molecule has 0 saturated carbocycles. The fourth-order valence-electron chi connectivity index (χ4n) is 2.06. The van der Waals surface area contributed by atoms with Crippen LogP contribution < -0.4 is 4.74 Å². The van der Waals surface area contributed by atoms with E-state index < -0.39 is 30.7 Å². The third-order valence-electron chi connectivity index (χ3n) is 3.08. The first kappa shape index (κ1) is 13.0. The molecule has 7 heteroatoms. The number of hydrogen-bond donors (Lipinski definition) is 0. The molecule has 0 bridgehead atoms. The minimum Gasteiger partial charge on any atom is -0.475 e. The van der Waals surface area contributed by atoms with E-state index in [0.29, 0.717) is 5.56 Å². The molecule has 0 aromatic heterocycles. The van der Waals surface area contributed by atoms with Gasteiger partial charge in [-0.25, -0.2) is 4.79 Å². The number of halogens is 4. The standard InChI is InChI=1S/C15H14BrF3O3/c1-4-21-14(20)10-6-9-8(3)12(16)7(2)5-11(9)22-13(10)15(17,18)19/h5-6,13H,4H2,1-3H3/i3D3. The number of benzene rings is 1. The van der Waals surface area contributed by atoms with Crippen molar-refractivity contribution in [2.24, 2.45) is 0 Å². The van der Waals surface area contributed by atoms with Gasteiger partial charge in [0.25, 0.3) is 0 Å². The molecule has 0 spiro atoms. The second-order valence-corrected chi connectivity index (χ2v) is 5.45. The van der Waals surface area contributed by atoms with Gasteiger partial charge < -0.3 is 9.47 Å². The molecule has 1 aromatic rings. The highest BCUT2D eigenvalue weighted by Crippen LogP contribution is 2.41.